The molecule has 0 radical (unpaired) electrons. The van der Waals surface area contributed by atoms with Crippen LogP contribution in [-0.4, -0.2) is 49.8 Å². The Hall–Kier alpha value is -1.49. The first-order valence-electron chi connectivity index (χ1n) is 12.3. The van der Waals surface area contributed by atoms with Gasteiger partial charge in [-0.25, -0.2) is 9.78 Å². The normalized spacial score (nSPS) is 16.4. The maximum Gasteiger partial charge on any atom is 0.357 e. The lowest BCUT2D eigenvalue weighted by atomic mass is 9.94. The third-order valence-electron chi connectivity index (χ3n) is 6.91. The Morgan fingerprint density at radius 3 is 2.35 bits per heavy atom. The number of rotatable bonds is 16. The van der Waals surface area contributed by atoms with Crippen LogP contribution >= 0.6 is 11.3 Å². The highest BCUT2D eigenvalue weighted by Crippen LogP contribution is 2.35. The number of ether oxygens (including phenoxy) is 1. The molecule has 0 bridgehead atoms. The summed E-state index contributed by atoms with van der Waals surface area (Å²) < 4.78 is 11.7. The van der Waals surface area contributed by atoms with E-state index in [9.17, 15) is 9.90 Å². The SMILES string of the molecule is CCC(C)C(N=[N+]=[N-])C(O)N[C@H](C[C@@H](O[Si](CC)(CC)CC)c1nc(C(=O)OC)cs1)C(C)C. The van der Waals surface area contributed by atoms with Crippen LogP contribution in [0.4, 0.5) is 0 Å². The van der Waals surface area contributed by atoms with Crippen LogP contribution in [0.5, 0.6) is 0 Å². The van der Waals surface area contributed by atoms with E-state index in [0.29, 0.717) is 6.42 Å². The minimum absolute atomic E-state index is 0.0279. The van der Waals surface area contributed by atoms with Gasteiger partial charge in [0.25, 0.3) is 0 Å². The van der Waals surface area contributed by atoms with E-state index in [2.05, 4.69) is 54.9 Å². The second kappa shape index (κ2) is 14.8. The molecular weight excluding hydrogens is 470 g/mol. The Kier molecular flexibility index (Phi) is 13.3. The van der Waals surface area contributed by atoms with Gasteiger partial charge in [0.2, 0.25) is 0 Å². The lowest BCUT2D eigenvalue weighted by Crippen LogP contribution is -2.49. The lowest BCUT2D eigenvalue weighted by molar-refractivity contribution is 0.0548. The van der Waals surface area contributed by atoms with Gasteiger partial charge >= 0.3 is 5.97 Å². The third kappa shape index (κ3) is 8.32. The fraction of sp³-hybridized carbons (Fsp3) is 0.826. The Morgan fingerprint density at radius 2 is 1.88 bits per heavy atom. The molecule has 9 nitrogen and oxygen atoms in total. The molecule has 1 rings (SSSR count). The number of aliphatic hydroxyl groups is 1. The van der Waals surface area contributed by atoms with Crippen LogP contribution < -0.4 is 5.32 Å². The highest BCUT2D eigenvalue weighted by Gasteiger charge is 2.36. The van der Waals surface area contributed by atoms with Crippen LogP contribution in [0.25, 0.3) is 10.4 Å². The van der Waals surface area contributed by atoms with E-state index in [0.717, 1.165) is 29.6 Å². The second-order valence-electron chi connectivity index (χ2n) is 9.19. The summed E-state index contributed by atoms with van der Waals surface area (Å²) in [5.41, 5.74) is 9.28. The number of carbonyl (C=O) groups excluding carboxylic acids is 1. The maximum absolute atomic E-state index is 12.0. The Morgan fingerprint density at radius 1 is 1.26 bits per heavy atom. The van der Waals surface area contributed by atoms with E-state index in [1.807, 2.05) is 13.8 Å². The fourth-order valence-electron chi connectivity index (χ4n) is 4.01. The molecule has 0 aliphatic carbocycles. The van der Waals surface area contributed by atoms with Crippen molar-refractivity contribution in [2.75, 3.05) is 7.11 Å². The van der Waals surface area contributed by atoms with Crippen molar-refractivity contribution in [2.24, 2.45) is 17.0 Å². The number of methoxy groups -OCH3 is 1. The van der Waals surface area contributed by atoms with E-state index < -0.39 is 26.6 Å². The van der Waals surface area contributed by atoms with Crippen molar-refractivity contribution < 1.29 is 19.1 Å². The van der Waals surface area contributed by atoms with E-state index >= 15 is 0 Å². The zero-order valence-electron chi connectivity index (χ0n) is 21.9. The number of aromatic nitrogens is 1. The van der Waals surface area contributed by atoms with Crippen LogP contribution in [0, 0.1) is 11.8 Å². The van der Waals surface area contributed by atoms with Crippen molar-refractivity contribution >= 4 is 25.6 Å². The molecule has 0 fully saturated rings. The molecule has 34 heavy (non-hydrogen) atoms. The van der Waals surface area contributed by atoms with Gasteiger partial charge in [-0.2, -0.15) is 0 Å². The number of esters is 1. The highest BCUT2D eigenvalue weighted by atomic mass is 32.1. The highest BCUT2D eigenvalue weighted by molar-refractivity contribution is 7.09. The van der Waals surface area contributed by atoms with E-state index in [1.54, 1.807) is 5.38 Å². The smallest absolute Gasteiger partial charge is 0.357 e. The first-order chi connectivity index (χ1) is 16.1. The van der Waals surface area contributed by atoms with Gasteiger partial charge in [-0.15, -0.1) is 11.3 Å². The van der Waals surface area contributed by atoms with Crippen LogP contribution in [0.1, 0.15) is 82.9 Å². The van der Waals surface area contributed by atoms with Gasteiger partial charge in [-0.3, -0.25) is 5.32 Å². The molecule has 0 aliphatic heterocycles. The van der Waals surface area contributed by atoms with Crippen LogP contribution in [0.15, 0.2) is 10.5 Å². The maximum atomic E-state index is 12.0. The summed E-state index contributed by atoms with van der Waals surface area (Å²) in [7, 11) is -0.652. The standard InChI is InChI=1S/C23H43N5O4SSi/c1-9-16(7)20(27-28-24)21(29)25-17(15(5)6)13-19(32-34(10-2,11-3)12-4)22-26-18(14-33-22)23(30)31-8/h14-17,19-21,25,29H,9-13H2,1-8H3/t16?,17-,19-,20?,21?/m1/s1. The molecule has 5 atom stereocenters. The molecule has 0 saturated carbocycles. The average Bonchev–Trinajstić information content (AvgIpc) is 3.33. The number of nitrogens with zero attached hydrogens (tertiary/aromatic N) is 4. The summed E-state index contributed by atoms with van der Waals surface area (Å²) in [6.45, 7) is 14.7. The summed E-state index contributed by atoms with van der Waals surface area (Å²) in [6.07, 6.45) is 0.0594. The summed E-state index contributed by atoms with van der Waals surface area (Å²) in [5.74, 6) is -0.267. The zero-order chi connectivity index (χ0) is 25.9. The van der Waals surface area contributed by atoms with Crippen molar-refractivity contribution in [1.29, 1.82) is 0 Å². The van der Waals surface area contributed by atoms with Crippen LogP contribution in [0.3, 0.4) is 0 Å². The number of carbonyl (C=O) groups is 1. The molecule has 0 saturated heterocycles. The number of hydrogen-bond donors (Lipinski definition) is 2. The lowest BCUT2D eigenvalue weighted by Gasteiger charge is -2.36. The quantitative estimate of drug-likeness (QED) is 0.0692. The second-order valence-corrected chi connectivity index (χ2v) is 14.8. The number of aliphatic hydroxyl groups excluding tert-OH is 1. The van der Waals surface area contributed by atoms with E-state index in [1.165, 1.54) is 18.4 Å². The fourth-order valence-corrected chi connectivity index (χ4v) is 7.73. The van der Waals surface area contributed by atoms with Gasteiger partial charge in [0.1, 0.15) is 11.2 Å². The molecule has 0 spiro atoms. The Labute approximate surface area is 209 Å². The molecule has 2 N–H and O–H groups in total. The van der Waals surface area contributed by atoms with Crippen LogP contribution in [0.2, 0.25) is 18.1 Å². The molecule has 0 aromatic carbocycles. The van der Waals surface area contributed by atoms with Crippen molar-refractivity contribution in [3.8, 4) is 0 Å². The summed E-state index contributed by atoms with van der Waals surface area (Å²) in [6, 6.07) is 2.27. The molecular formula is C23H43N5O4SSi. The average molecular weight is 514 g/mol. The minimum Gasteiger partial charge on any atom is -0.464 e. The molecule has 1 aromatic heterocycles. The topological polar surface area (TPSA) is 129 Å². The summed E-state index contributed by atoms with van der Waals surface area (Å²) >= 11 is 1.40. The predicted octanol–water partition coefficient (Wildman–Crippen LogP) is 6.04. The van der Waals surface area contributed by atoms with Gasteiger partial charge in [0.15, 0.2) is 14.0 Å². The Bertz CT molecular complexity index is 790. The van der Waals surface area contributed by atoms with Gasteiger partial charge in [-0.1, -0.05) is 60.0 Å². The third-order valence-corrected chi connectivity index (χ3v) is 12.5. The molecule has 3 unspecified atom stereocenters. The summed E-state index contributed by atoms with van der Waals surface area (Å²) in [4.78, 5) is 19.5. The van der Waals surface area contributed by atoms with Gasteiger partial charge in [0, 0.05) is 16.3 Å². The van der Waals surface area contributed by atoms with Crippen molar-refractivity contribution in [3.63, 3.8) is 0 Å². The molecule has 194 valence electrons. The molecule has 1 aromatic rings. The number of hydrogen-bond acceptors (Lipinski definition) is 8. The number of thiazole rings is 1. The van der Waals surface area contributed by atoms with Gasteiger partial charge in [0.05, 0.1) is 19.3 Å². The molecule has 0 amide bonds. The first kappa shape index (κ1) is 30.5. The Balaban J connectivity index is 3.28. The van der Waals surface area contributed by atoms with Crippen molar-refractivity contribution in [2.45, 2.75) is 104 Å². The molecule has 11 heteroatoms. The first-order valence-corrected chi connectivity index (χ1v) is 15.7. The van der Waals surface area contributed by atoms with Crippen molar-refractivity contribution in [3.05, 3.63) is 26.5 Å². The summed E-state index contributed by atoms with van der Waals surface area (Å²) in [5, 5.41) is 20.6. The molecule has 1 heterocycles. The van der Waals surface area contributed by atoms with Gasteiger partial charge < -0.3 is 14.3 Å². The largest absolute Gasteiger partial charge is 0.464 e. The van der Waals surface area contributed by atoms with Crippen LogP contribution in [-0.2, 0) is 9.16 Å². The van der Waals surface area contributed by atoms with Gasteiger partial charge in [-0.05, 0) is 41.9 Å². The zero-order valence-corrected chi connectivity index (χ0v) is 23.8. The minimum atomic E-state index is -2.00. The predicted molar refractivity (Wildman–Crippen MR) is 139 cm³/mol. The number of nitrogens with one attached hydrogen (secondary N) is 1. The number of azide groups is 1. The molecule has 0 aliphatic rings. The van der Waals surface area contributed by atoms with Crippen molar-refractivity contribution in [1.82, 2.24) is 10.3 Å². The van der Waals surface area contributed by atoms with E-state index in [-0.39, 0.29) is 29.7 Å². The monoisotopic (exact) mass is 513 g/mol. The van der Waals surface area contributed by atoms with E-state index in [4.69, 9.17) is 14.7 Å².